The third-order valence-electron chi connectivity index (χ3n) is 7.86. The Bertz CT molecular complexity index is 2430. The SMILES string of the molecule is Clc1cc2c(cc1Cl)-c1nc-2nc2[n-]c(nc3nc(nc4[n-]c(n1)c1cc(Cl)c(Cl)cc41)-c1cc(Cl)c(Cl)cc1-3)c1cc(Cl)c(Cl)cc21.[Ag]. The minimum absolute atomic E-state index is 0. The number of nitrogens with zero attached hydrogens (tertiary/aromatic N) is 8. The number of hydrogen-bond acceptors (Lipinski definition) is 6. The molecule has 3 aromatic heterocycles. The largest absolute Gasteiger partial charge is 0.357 e. The molecule has 0 amide bonds. The van der Waals surface area contributed by atoms with Crippen molar-refractivity contribution in [2.45, 2.75) is 0 Å². The van der Waals surface area contributed by atoms with Gasteiger partial charge < -0.3 is 29.9 Å². The molecule has 7 aromatic rings. The summed E-state index contributed by atoms with van der Waals surface area (Å²) in [4.78, 5) is 38.6. The summed E-state index contributed by atoms with van der Waals surface area (Å²) in [6.07, 6.45) is 0. The first-order valence-electron chi connectivity index (χ1n) is 13.7. The number of fused-ring (bicyclic) bond motifs is 20. The van der Waals surface area contributed by atoms with Crippen molar-refractivity contribution >= 4 is 137 Å². The van der Waals surface area contributed by atoms with Crippen molar-refractivity contribution in [1.29, 1.82) is 0 Å². The molecule has 1 radical (unpaired) electrons. The molecule has 0 spiro atoms. The summed E-state index contributed by atoms with van der Waals surface area (Å²) in [5.41, 5.74) is 3.38. The molecule has 8 nitrogen and oxygen atoms in total. The Morgan fingerprint density at radius 1 is 0.306 bits per heavy atom. The standard InChI is InChI=1S/C32H8Cl8N8.Ag/c33-17-1-9-10(2-18(17)34)26-41-25(9)45-27-11-3-19(35)20(36)4-12(11)29(42-27)47-31-15-7-23(39)24(40)8-16(15)32(44-31)48-30-14-6-22(38)21(37)5-13(14)28(43-30)46-26;/h1-8H;/q-2;. The van der Waals surface area contributed by atoms with E-state index in [0.717, 1.165) is 0 Å². The van der Waals surface area contributed by atoms with Gasteiger partial charge in [-0.25, -0.2) is 9.97 Å². The molecule has 0 N–H and O–H groups in total. The summed E-state index contributed by atoms with van der Waals surface area (Å²) in [6, 6.07) is 13.4. The normalized spacial score (nSPS) is 11.9. The molecule has 17 heteroatoms. The van der Waals surface area contributed by atoms with Crippen LogP contribution in [0.5, 0.6) is 0 Å². The van der Waals surface area contributed by atoms with Gasteiger partial charge in [-0.2, -0.15) is 0 Å². The monoisotopic (exact) mass is 891 g/mol. The predicted octanol–water partition coefficient (Wildman–Crippen LogP) is 11.4. The van der Waals surface area contributed by atoms with Gasteiger partial charge in [0.15, 0.2) is 0 Å². The van der Waals surface area contributed by atoms with Crippen LogP contribution in [0.4, 0.5) is 0 Å². The van der Waals surface area contributed by atoms with Gasteiger partial charge in [0.05, 0.1) is 63.5 Å². The molecule has 0 saturated heterocycles. The molecule has 0 atom stereocenters. The molecule has 0 aliphatic carbocycles. The van der Waals surface area contributed by atoms with Crippen molar-refractivity contribution in [2.75, 3.05) is 0 Å². The third kappa shape index (κ3) is 5.41. The van der Waals surface area contributed by atoms with Crippen molar-refractivity contribution in [3.05, 3.63) is 88.7 Å². The van der Waals surface area contributed by atoms with E-state index < -0.39 is 0 Å². The second kappa shape index (κ2) is 12.2. The van der Waals surface area contributed by atoms with Gasteiger partial charge in [0.2, 0.25) is 0 Å². The first-order chi connectivity index (χ1) is 23.0. The van der Waals surface area contributed by atoms with E-state index >= 15 is 0 Å². The van der Waals surface area contributed by atoms with Gasteiger partial charge in [-0.3, -0.25) is 0 Å². The first kappa shape index (κ1) is 33.4. The number of rotatable bonds is 0. The third-order valence-corrected chi connectivity index (χ3v) is 10.8. The molecule has 2 aliphatic heterocycles. The molecule has 8 bridgehead atoms. The molecule has 5 heterocycles. The van der Waals surface area contributed by atoms with Crippen LogP contribution in [0.15, 0.2) is 48.5 Å². The van der Waals surface area contributed by atoms with E-state index in [-0.39, 0.29) is 68.3 Å². The second-order valence-electron chi connectivity index (χ2n) is 10.7. The molecule has 245 valence electrons. The van der Waals surface area contributed by atoms with Crippen molar-refractivity contribution < 1.29 is 22.4 Å². The minimum atomic E-state index is 0. The van der Waals surface area contributed by atoms with E-state index in [0.29, 0.717) is 84.0 Å². The van der Waals surface area contributed by atoms with Gasteiger partial charge in [0.25, 0.3) is 0 Å². The Hall–Kier alpha value is -2.70. The molecule has 0 fully saturated rings. The quantitative estimate of drug-likeness (QED) is 0.139. The Kier molecular flexibility index (Phi) is 8.34. The molecular formula is C32H8AgCl8N8-2. The van der Waals surface area contributed by atoms with E-state index in [2.05, 4.69) is 0 Å². The zero-order chi connectivity index (χ0) is 33.2. The molecule has 0 saturated carbocycles. The van der Waals surface area contributed by atoms with Crippen molar-refractivity contribution in [3.63, 3.8) is 0 Å². The van der Waals surface area contributed by atoms with Gasteiger partial charge in [-0.15, -0.1) is 0 Å². The van der Waals surface area contributed by atoms with E-state index in [9.17, 15) is 0 Å². The summed E-state index contributed by atoms with van der Waals surface area (Å²) < 4.78 is 0. The van der Waals surface area contributed by atoms with Gasteiger partial charge in [0.1, 0.15) is 0 Å². The summed E-state index contributed by atoms with van der Waals surface area (Å²) in [5, 5.41) is 4.73. The summed E-state index contributed by atoms with van der Waals surface area (Å²) in [5.74, 6) is 1.09. The maximum absolute atomic E-state index is 6.47. The van der Waals surface area contributed by atoms with Crippen LogP contribution in [-0.4, -0.2) is 29.9 Å². The molecular weight excluding hydrogens is 888 g/mol. The maximum Gasteiger partial charge on any atom is 0.0928 e. The van der Waals surface area contributed by atoms with Crippen molar-refractivity contribution in [1.82, 2.24) is 39.9 Å². The van der Waals surface area contributed by atoms with Crippen molar-refractivity contribution in [2.24, 2.45) is 0 Å². The minimum Gasteiger partial charge on any atom is -0.357 e. The van der Waals surface area contributed by atoms with E-state index in [1.165, 1.54) is 0 Å². The van der Waals surface area contributed by atoms with Crippen LogP contribution in [0, 0.1) is 0 Å². The summed E-state index contributed by atoms with van der Waals surface area (Å²) in [6.45, 7) is 0. The Labute approximate surface area is 330 Å². The van der Waals surface area contributed by atoms with Gasteiger partial charge in [-0.1, -0.05) is 92.8 Å². The zero-order valence-electron chi connectivity index (χ0n) is 23.5. The van der Waals surface area contributed by atoms with Crippen LogP contribution in [-0.2, 0) is 22.4 Å². The summed E-state index contributed by atoms with van der Waals surface area (Å²) >= 11 is 51.7. The fourth-order valence-electron chi connectivity index (χ4n) is 5.63. The van der Waals surface area contributed by atoms with E-state index in [4.69, 9.17) is 133 Å². The van der Waals surface area contributed by atoms with E-state index in [1.807, 2.05) is 0 Å². The number of halogens is 8. The van der Waals surface area contributed by atoms with Crippen LogP contribution in [0.3, 0.4) is 0 Å². The number of aromatic nitrogens is 8. The van der Waals surface area contributed by atoms with Crippen LogP contribution >= 0.6 is 92.8 Å². The molecule has 9 rings (SSSR count). The van der Waals surface area contributed by atoms with Crippen molar-refractivity contribution in [3.8, 4) is 45.6 Å². The van der Waals surface area contributed by atoms with Crippen LogP contribution in [0.25, 0.3) is 89.7 Å². The summed E-state index contributed by atoms with van der Waals surface area (Å²) in [7, 11) is 0. The fourth-order valence-corrected chi connectivity index (χ4v) is 6.94. The molecule has 49 heavy (non-hydrogen) atoms. The van der Waals surface area contributed by atoms with Crippen LogP contribution in [0.2, 0.25) is 40.2 Å². The Morgan fingerprint density at radius 3 is 0.735 bits per heavy atom. The maximum atomic E-state index is 6.47. The zero-order valence-corrected chi connectivity index (χ0v) is 31.1. The topological polar surface area (TPSA) is 106 Å². The molecule has 2 aliphatic rings. The van der Waals surface area contributed by atoms with Gasteiger partial charge in [0, 0.05) is 67.2 Å². The first-order valence-corrected chi connectivity index (χ1v) is 16.7. The van der Waals surface area contributed by atoms with Gasteiger partial charge in [-0.05, 0) is 70.1 Å². The Morgan fingerprint density at radius 2 is 0.510 bits per heavy atom. The van der Waals surface area contributed by atoms with Gasteiger partial charge >= 0.3 is 0 Å². The Balaban J connectivity index is 0.00000348. The van der Waals surface area contributed by atoms with Crippen LogP contribution < -0.4 is 9.97 Å². The smallest absolute Gasteiger partial charge is 0.0928 e. The average molecular weight is 896 g/mol. The average Bonchev–Trinajstić information content (AvgIpc) is 3.74. The van der Waals surface area contributed by atoms with Crippen LogP contribution in [0.1, 0.15) is 0 Å². The predicted molar refractivity (Wildman–Crippen MR) is 194 cm³/mol. The van der Waals surface area contributed by atoms with E-state index in [1.54, 1.807) is 48.5 Å². The molecule has 0 unspecified atom stereocenters. The second-order valence-corrected chi connectivity index (χ2v) is 14.0. The molecule has 4 aromatic carbocycles. The fraction of sp³-hybridized carbons (Fsp3) is 0. The number of benzene rings is 4. The number of hydrogen-bond donors (Lipinski definition) is 0.